The normalized spacial score (nSPS) is 16.8. The molecule has 2 rings (SSSR count). The second-order valence-electron chi connectivity index (χ2n) is 5.23. The summed E-state index contributed by atoms with van der Waals surface area (Å²) in [7, 11) is 1.47. The van der Waals surface area contributed by atoms with Gasteiger partial charge in [0.2, 0.25) is 0 Å². The smallest absolute Gasteiger partial charge is 0.313 e. The van der Waals surface area contributed by atoms with E-state index in [-0.39, 0.29) is 11.4 Å². The lowest BCUT2D eigenvalue weighted by molar-refractivity contribution is -0.157. The maximum atomic E-state index is 11.8. The van der Waals surface area contributed by atoms with Crippen molar-refractivity contribution in [2.24, 2.45) is 5.41 Å². The molecule has 1 N–H and O–H groups in total. The molecule has 0 amide bonds. The number of methoxy groups -OCH3 is 1. The fraction of sp³-hybridized carbons (Fsp3) is 0.533. The number of benzene rings is 1. The second kappa shape index (κ2) is 5.01. The molecule has 18 heavy (non-hydrogen) atoms. The molecule has 1 saturated carbocycles. The molecule has 0 bridgehead atoms. The van der Waals surface area contributed by atoms with Crippen LogP contribution in [-0.2, 0) is 9.53 Å². The predicted octanol–water partition coefficient (Wildman–Crippen LogP) is 3.06. The second-order valence-corrected chi connectivity index (χ2v) is 5.23. The molecule has 0 heterocycles. The molecule has 0 spiro atoms. The van der Waals surface area contributed by atoms with Gasteiger partial charge >= 0.3 is 5.97 Å². The van der Waals surface area contributed by atoms with E-state index in [0.717, 1.165) is 24.9 Å². The quantitative estimate of drug-likeness (QED) is 0.831. The minimum absolute atomic E-state index is 0.0773. The van der Waals surface area contributed by atoms with Gasteiger partial charge in [-0.1, -0.05) is 18.6 Å². The van der Waals surface area contributed by atoms with Gasteiger partial charge in [0.15, 0.2) is 0 Å². The maximum Gasteiger partial charge on any atom is 0.313 e. The molecule has 1 fully saturated rings. The molecule has 0 radical (unpaired) electrons. The van der Waals surface area contributed by atoms with Crippen molar-refractivity contribution in [3.8, 4) is 0 Å². The van der Waals surface area contributed by atoms with Crippen molar-refractivity contribution in [1.29, 1.82) is 0 Å². The molecule has 0 saturated heterocycles. The van der Waals surface area contributed by atoms with Gasteiger partial charge in [0.05, 0.1) is 12.5 Å². The highest BCUT2D eigenvalue weighted by Crippen LogP contribution is 2.42. The molecule has 98 valence electrons. The zero-order valence-electron chi connectivity index (χ0n) is 11.4. The number of rotatable bonds is 4. The lowest BCUT2D eigenvalue weighted by Crippen LogP contribution is -2.44. The van der Waals surface area contributed by atoms with E-state index in [1.54, 1.807) is 0 Å². The van der Waals surface area contributed by atoms with Crippen LogP contribution in [0.5, 0.6) is 0 Å². The Hall–Kier alpha value is -1.51. The highest BCUT2D eigenvalue weighted by molar-refractivity contribution is 5.78. The molecule has 1 aromatic carbocycles. The Bertz CT molecular complexity index is 450. The van der Waals surface area contributed by atoms with Crippen molar-refractivity contribution in [3.05, 3.63) is 29.3 Å². The predicted molar refractivity (Wildman–Crippen MR) is 72.7 cm³/mol. The third-order valence-electron chi connectivity index (χ3n) is 4.15. The average molecular weight is 247 g/mol. The molecule has 0 atom stereocenters. The van der Waals surface area contributed by atoms with Crippen LogP contribution in [0.3, 0.4) is 0 Å². The number of anilines is 1. The largest absolute Gasteiger partial charge is 0.469 e. The van der Waals surface area contributed by atoms with Crippen LogP contribution in [0.25, 0.3) is 0 Å². The van der Waals surface area contributed by atoms with Crippen LogP contribution in [0.15, 0.2) is 18.2 Å². The van der Waals surface area contributed by atoms with Crippen molar-refractivity contribution in [1.82, 2.24) is 0 Å². The number of hydrogen-bond donors (Lipinski definition) is 1. The summed E-state index contributed by atoms with van der Waals surface area (Å²) in [5.74, 6) is -0.0773. The topological polar surface area (TPSA) is 38.3 Å². The summed E-state index contributed by atoms with van der Waals surface area (Å²) in [4.78, 5) is 11.8. The van der Waals surface area contributed by atoms with Crippen molar-refractivity contribution >= 4 is 11.7 Å². The van der Waals surface area contributed by atoms with Crippen molar-refractivity contribution in [2.75, 3.05) is 19.0 Å². The van der Waals surface area contributed by atoms with Gasteiger partial charge in [0.1, 0.15) is 0 Å². The summed E-state index contributed by atoms with van der Waals surface area (Å²) in [6, 6.07) is 6.20. The molecule has 0 aromatic heterocycles. The molecule has 3 nitrogen and oxygen atoms in total. The third kappa shape index (κ3) is 2.22. The van der Waals surface area contributed by atoms with Gasteiger partial charge in [-0.15, -0.1) is 0 Å². The summed E-state index contributed by atoms with van der Waals surface area (Å²) >= 11 is 0. The van der Waals surface area contributed by atoms with Crippen LogP contribution >= 0.6 is 0 Å². The summed E-state index contributed by atoms with van der Waals surface area (Å²) < 4.78 is 4.92. The molecule has 1 aliphatic carbocycles. The molecule has 0 aliphatic heterocycles. The zero-order valence-corrected chi connectivity index (χ0v) is 11.4. The Morgan fingerprint density at radius 2 is 2.11 bits per heavy atom. The lowest BCUT2D eigenvalue weighted by atomic mass is 9.68. The average Bonchev–Trinajstić information content (AvgIpc) is 2.32. The minimum atomic E-state index is -0.301. The Morgan fingerprint density at radius 1 is 1.39 bits per heavy atom. The number of esters is 1. The van der Waals surface area contributed by atoms with Crippen LogP contribution in [0, 0.1) is 19.3 Å². The molecule has 3 heteroatoms. The highest BCUT2D eigenvalue weighted by Gasteiger charge is 2.45. The van der Waals surface area contributed by atoms with Crippen LogP contribution in [0.4, 0.5) is 5.69 Å². The van der Waals surface area contributed by atoms with Gasteiger partial charge in [0, 0.05) is 12.2 Å². The molecule has 1 aromatic rings. The number of carbonyl (C=O) groups is 1. The number of hydrogen-bond acceptors (Lipinski definition) is 3. The summed E-state index contributed by atoms with van der Waals surface area (Å²) in [5, 5.41) is 3.41. The van der Waals surface area contributed by atoms with E-state index in [1.165, 1.54) is 18.2 Å². The van der Waals surface area contributed by atoms with Gasteiger partial charge in [-0.2, -0.15) is 0 Å². The van der Waals surface area contributed by atoms with Crippen LogP contribution in [0.2, 0.25) is 0 Å². The van der Waals surface area contributed by atoms with Crippen LogP contribution < -0.4 is 5.32 Å². The van der Waals surface area contributed by atoms with Gasteiger partial charge in [0.25, 0.3) is 0 Å². The minimum Gasteiger partial charge on any atom is -0.469 e. The van der Waals surface area contributed by atoms with Crippen molar-refractivity contribution in [3.63, 3.8) is 0 Å². The van der Waals surface area contributed by atoms with E-state index in [2.05, 4.69) is 31.3 Å². The van der Waals surface area contributed by atoms with E-state index in [4.69, 9.17) is 4.74 Å². The standard InChI is InChI=1S/C15H21NO2/c1-11-6-4-7-13(12(11)2)16-10-15(8-5-9-15)14(17)18-3/h4,6-7,16H,5,8-10H2,1-3H3. The fourth-order valence-corrected chi connectivity index (χ4v) is 2.48. The summed E-state index contributed by atoms with van der Waals surface area (Å²) in [5.41, 5.74) is 3.33. The van der Waals surface area contributed by atoms with Gasteiger partial charge in [-0.3, -0.25) is 4.79 Å². The Balaban J connectivity index is 2.07. The highest BCUT2D eigenvalue weighted by atomic mass is 16.5. The zero-order chi connectivity index (χ0) is 13.2. The van der Waals surface area contributed by atoms with E-state index < -0.39 is 0 Å². The van der Waals surface area contributed by atoms with Gasteiger partial charge < -0.3 is 10.1 Å². The lowest BCUT2D eigenvalue weighted by Gasteiger charge is -2.39. The first-order chi connectivity index (χ1) is 8.59. The van der Waals surface area contributed by atoms with Crippen molar-refractivity contribution < 1.29 is 9.53 Å². The third-order valence-corrected chi connectivity index (χ3v) is 4.15. The maximum absolute atomic E-state index is 11.8. The Morgan fingerprint density at radius 3 is 2.67 bits per heavy atom. The van der Waals surface area contributed by atoms with E-state index in [1.807, 2.05) is 6.07 Å². The summed E-state index contributed by atoms with van der Waals surface area (Å²) in [6.45, 7) is 4.87. The van der Waals surface area contributed by atoms with Gasteiger partial charge in [-0.25, -0.2) is 0 Å². The Kier molecular flexibility index (Phi) is 3.60. The number of nitrogens with one attached hydrogen (secondary N) is 1. The molecule has 0 unspecified atom stereocenters. The Labute approximate surface area is 109 Å². The first-order valence-corrected chi connectivity index (χ1v) is 6.47. The monoisotopic (exact) mass is 247 g/mol. The van der Waals surface area contributed by atoms with E-state index >= 15 is 0 Å². The first kappa shape index (κ1) is 12.9. The van der Waals surface area contributed by atoms with Crippen LogP contribution in [0.1, 0.15) is 30.4 Å². The molecular formula is C15H21NO2. The SMILES string of the molecule is COC(=O)C1(CNc2cccc(C)c2C)CCC1. The number of aryl methyl sites for hydroxylation is 1. The number of carbonyl (C=O) groups excluding carboxylic acids is 1. The number of ether oxygens (including phenoxy) is 1. The van der Waals surface area contributed by atoms with Gasteiger partial charge in [-0.05, 0) is 43.9 Å². The van der Waals surface area contributed by atoms with Crippen molar-refractivity contribution in [2.45, 2.75) is 33.1 Å². The van der Waals surface area contributed by atoms with E-state index in [9.17, 15) is 4.79 Å². The fourth-order valence-electron chi connectivity index (χ4n) is 2.48. The van der Waals surface area contributed by atoms with E-state index in [0.29, 0.717) is 6.54 Å². The molecule has 1 aliphatic rings. The summed E-state index contributed by atoms with van der Waals surface area (Å²) in [6.07, 6.45) is 2.97. The first-order valence-electron chi connectivity index (χ1n) is 6.47. The molecular weight excluding hydrogens is 226 g/mol. The van der Waals surface area contributed by atoms with Crippen LogP contribution in [-0.4, -0.2) is 19.6 Å².